The molecule has 0 bridgehead atoms. The van der Waals surface area contributed by atoms with Gasteiger partial charge in [-0.05, 0) is 42.5 Å². The van der Waals surface area contributed by atoms with Crippen molar-refractivity contribution in [2.45, 2.75) is 0 Å². The normalized spacial score (nSPS) is 10.8. The summed E-state index contributed by atoms with van der Waals surface area (Å²) in [5.74, 6) is 1.63. The van der Waals surface area contributed by atoms with Crippen molar-refractivity contribution in [2.75, 3.05) is 24.9 Å². The first-order valence-corrected chi connectivity index (χ1v) is 10.3. The highest BCUT2D eigenvalue weighted by Gasteiger charge is 2.12. The molecule has 0 aliphatic carbocycles. The molecule has 2 aromatic heterocycles. The maximum atomic E-state index is 12.6. The fraction of sp³-hybridized carbons (Fsp3) is 0.0800. The molecule has 1 amide bonds. The maximum absolute atomic E-state index is 12.6. The molecular weight excluding hydrogens is 418 g/mol. The van der Waals surface area contributed by atoms with E-state index in [2.05, 4.69) is 25.6 Å². The van der Waals surface area contributed by atoms with E-state index in [4.69, 9.17) is 9.47 Å². The highest BCUT2D eigenvalue weighted by atomic mass is 16.5. The van der Waals surface area contributed by atoms with Crippen LogP contribution >= 0.6 is 0 Å². The van der Waals surface area contributed by atoms with Crippen LogP contribution in [0.5, 0.6) is 11.5 Å². The van der Waals surface area contributed by atoms with E-state index in [1.54, 1.807) is 14.2 Å². The molecule has 0 atom stereocenters. The zero-order valence-electron chi connectivity index (χ0n) is 18.0. The number of carbonyl (C=O) groups excluding carboxylic acids is 1. The highest BCUT2D eigenvalue weighted by molar-refractivity contribution is 6.06. The minimum Gasteiger partial charge on any atom is -0.493 e. The highest BCUT2D eigenvalue weighted by Crippen LogP contribution is 2.34. The Morgan fingerprint density at radius 1 is 0.879 bits per heavy atom. The first-order chi connectivity index (χ1) is 16.1. The van der Waals surface area contributed by atoms with E-state index in [-0.39, 0.29) is 5.91 Å². The smallest absolute Gasteiger partial charge is 0.272 e. The lowest BCUT2D eigenvalue weighted by Gasteiger charge is -2.12. The molecular formula is C25H21N5O3. The van der Waals surface area contributed by atoms with Gasteiger partial charge >= 0.3 is 0 Å². The van der Waals surface area contributed by atoms with Crippen LogP contribution in [0, 0.1) is 0 Å². The molecule has 164 valence electrons. The predicted molar refractivity (Wildman–Crippen MR) is 129 cm³/mol. The van der Waals surface area contributed by atoms with Gasteiger partial charge in [0.15, 0.2) is 11.5 Å². The topological polar surface area (TPSA) is 101 Å². The second-order valence-electron chi connectivity index (χ2n) is 7.37. The summed E-state index contributed by atoms with van der Waals surface area (Å²) >= 11 is 0. The van der Waals surface area contributed by atoms with E-state index in [1.807, 2.05) is 66.7 Å². The molecule has 5 aromatic rings. The van der Waals surface area contributed by atoms with Crippen LogP contribution in [0.25, 0.3) is 21.8 Å². The van der Waals surface area contributed by atoms with E-state index in [9.17, 15) is 4.79 Å². The minimum atomic E-state index is -0.199. The Morgan fingerprint density at radius 2 is 1.61 bits per heavy atom. The van der Waals surface area contributed by atoms with Crippen molar-refractivity contribution in [3.8, 4) is 11.5 Å². The first-order valence-electron chi connectivity index (χ1n) is 10.3. The SMILES string of the molecule is COc1cc2ncnc(Nc3ccc(NC(=O)c4cc5ccccc5[nH]4)cc3)c2cc1OC. The summed E-state index contributed by atoms with van der Waals surface area (Å²) in [5, 5.41) is 8.00. The summed E-state index contributed by atoms with van der Waals surface area (Å²) in [7, 11) is 3.17. The fourth-order valence-electron chi connectivity index (χ4n) is 3.65. The largest absolute Gasteiger partial charge is 0.493 e. The lowest BCUT2D eigenvalue weighted by Crippen LogP contribution is -2.12. The number of H-pyrrole nitrogens is 1. The molecule has 0 saturated heterocycles. The molecule has 0 saturated carbocycles. The number of benzene rings is 3. The van der Waals surface area contributed by atoms with E-state index in [0.29, 0.717) is 28.7 Å². The number of hydrogen-bond acceptors (Lipinski definition) is 6. The maximum Gasteiger partial charge on any atom is 0.272 e. The van der Waals surface area contributed by atoms with Crippen molar-refractivity contribution in [1.29, 1.82) is 0 Å². The Labute approximate surface area is 189 Å². The van der Waals surface area contributed by atoms with Gasteiger partial charge in [0, 0.05) is 33.7 Å². The Kier molecular flexibility index (Phi) is 5.24. The zero-order chi connectivity index (χ0) is 22.8. The number of para-hydroxylation sites is 1. The van der Waals surface area contributed by atoms with Crippen LogP contribution in [0.1, 0.15) is 10.5 Å². The monoisotopic (exact) mass is 439 g/mol. The van der Waals surface area contributed by atoms with E-state index < -0.39 is 0 Å². The number of rotatable bonds is 6. The summed E-state index contributed by atoms with van der Waals surface area (Å²) in [4.78, 5) is 24.5. The van der Waals surface area contributed by atoms with Crippen molar-refractivity contribution in [1.82, 2.24) is 15.0 Å². The van der Waals surface area contributed by atoms with Gasteiger partial charge in [-0.15, -0.1) is 0 Å². The van der Waals surface area contributed by atoms with Gasteiger partial charge in [0.1, 0.15) is 17.8 Å². The number of ether oxygens (including phenoxy) is 2. The molecule has 0 aliphatic rings. The van der Waals surface area contributed by atoms with Crippen molar-refractivity contribution >= 4 is 44.9 Å². The summed E-state index contributed by atoms with van der Waals surface area (Å²) in [6.07, 6.45) is 1.49. The van der Waals surface area contributed by atoms with Crippen LogP contribution in [0.15, 0.2) is 73.1 Å². The first kappa shape index (κ1) is 20.3. The van der Waals surface area contributed by atoms with Gasteiger partial charge in [-0.3, -0.25) is 4.79 Å². The van der Waals surface area contributed by atoms with Crippen LogP contribution in [-0.2, 0) is 0 Å². The van der Waals surface area contributed by atoms with Gasteiger partial charge in [0.2, 0.25) is 0 Å². The second kappa shape index (κ2) is 8.51. The van der Waals surface area contributed by atoms with Gasteiger partial charge in [-0.2, -0.15) is 0 Å². The lowest BCUT2D eigenvalue weighted by atomic mass is 10.2. The van der Waals surface area contributed by atoms with Crippen LogP contribution in [0.4, 0.5) is 17.2 Å². The molecule has 2 heterocycles. The number of hydrogen-bond donors (Lipinski definition) is 3. The van der Waals surface area contributed by atoms with Gasteiger partial charge in [0.25, 0.3) is 5.91 Å². The number of fused-ring (bicyclic) bond motifs is 2. The van der Waals surface area contributed by atoms with E-state index >= 15 is 0 Å². The van der Waals surface area contributed by atoms with Crippen LogP contribution in [-0.4, -0.2) is 35.1 Å². The summed E-state index contributed by atoms with van der Waals surface area (Å²) in [6, 6.07) is 20.7. The Bertz CT molecular complexity index is 1430. The van der Waals surface area contributed by atoms with Crippen LogP contribution in [0.3, 0.4) is 0 Å². The predicted octanol–water partition coefficient (Wildman–Crippen LogP) is 5.12. The molecule has 8 nitrogen and oxygen atoms in total. The van der Waals surface area contributed by atoms with Crippen molar-refractivity contribution in [3.05, 3.63) is 78.8 Å². The number of aromatic amines is 1. The average molecular weight is 439 g/mol. The molecule has 3 aromatic carbocycles. The quantitative estimate of drug-likeness (QED) is 0.339. The lowest BCUT2D eigenvalue weighted by molar-refractivity contribution is 0.102. The van der Waals surface area contributed by atoms with Crippen molar-refractivity contribution in [3.63, 3.8) is 0 Å². The Morgan fingerprint density at radius 3 is 2.36 bits per heavy atom. The molecule has 5 rings (SSSR count). The van der Waals surface area contributed by atoms with Gasteiger partial charge in [0.05, 0.1) is 19.7 Å². The van der Waals surface area contributed by atoms with Crippen molar-refractivity contribution < 1.29 is 14.3 Å². The Hall–Kier alpha value is -4.59. The average Bonchev–Trinajstić information content (AvgIpc) is 3.29. The number of methoxy groups -OCH3 is 2. The molecule has 0 fully saturated rings. The number of nitrogens with one attached hydrogen (secondary N) is 3. The van der Waals surface area contributed by atoms with E-state index in [1.165, 1.54) is 6.33 Å². The minimum absolute atomic E-state index is 0.199. The number of carbonyl (C=O) groups is 1. The fourth-order valence-corrected chi connectivity index (χ4v) is 3.65. The summed E-state index contributed by atoms with van der Waals surface area (Å²) in [5.41, 5.74) is 3.66. The van der Waals surface area contributed by atoms with Gasteiger partial charge in [-0.1, -0.05) is 18.2 Å². The van der Waals surface area contributed by atoms with Gasteiger partial charge in [-0.25, -0.2) is 9.97 Å². The number of anilines is 3. The molecule has 0 aliphatic heterocycles. The second-order valence-corrected chi connectivity index (χ2v) is 7.37. The molecule has 0 spiro atoms. The molecule has 3 N–H and O–H groups in total. The third-order valence-corrected chi connectivity index (χ3v) is 5.32. The Balaban J connectivity index is 1.34. The standard InChI is InChI=1S/C25H21N5O3/c1-32-22-12-18-20(13-23(22)33-2)26-14-27-24(18)28-16-7-9-17(10-8-16)29-25(31)21-11-15-5-3-4-6-19(15)30-21/h3-14,30H,1-2H3,(H,29,31)(H,26,27,28). The molecule has 0 unspecified atom stereocenters. The van der Waals surface area contributed by atoms with E-state index in [0.717, 1.165) is 27.5 Å². The number of amides is 1. The van der Waals surface area contributed by atoms with Crippen LogP contribution < -0.4 is 20.1 Å². The number of nitrogens with zero attached hydrogens (tertiary/aromatic N) is 2. The van der Waals surface area contributed by atoms with Gasteiger partial charge < -0.3 is 25.1 Å². The summed E-state index contributed by atoms with van der Waals surface area (Å²) < 4.78 is 10.8. The number of aromatic nitrogens is 3. The zero-order valence-corrected chi connectivity index (χ0v) is 18.0. The molecule has 33 heavy (non-hydrogen) atoms. The third kappa shape index (κ3) is 4.01. The van der Waals surface area contributed by atoms with Crippen molar-refractivity contribution in [2.24, 2.45) is 0 Å². The molecule has 0 radical (unpaired) electrons. The molecule has 8 heteroatoms. The summed E-state index contributed by atoms with van der Waals surface area (Å²) in [6.45, 7) is 0. The third-order valence-electron chi connectivity index (χ3n) is 5.32. The van der Waals surface area contributed by atoms with Crippen LogP contribution in [0.2, 0.25) is 0 Å².